The Kier molecular flexibility index (Phi) is 4.35. The molecule has 3 unspecified atom stereocenters. The maximum Gasteiger partial charge on any atom is 0.0594 e. The molecule has 0 bridgehead atoms. The maximum absolute atomic E-state index is 5.51. The number of ether oxygens (including phenoxy) is 1. The molecule has 2 fully saturated rings. The van der Waals surface area contributed by atoms with Gasteiger partial charge in [-0.05, 0) is 35.3 Å². The predicted octanol–water partition coefficient (Wildman–Crippen LogP) is 3.08. The molecule has 0 N–H and O–H groups in total. The molecule has 1 aliphatic carbocycles. The molecule has 2 aliphatic rings. The fourth-order valence-corrected chi connectivity index (χ4v) is 5.12. The summed E-state index contributed by atoms with van der Waals surface area (Å²) in [5.41, 5.74) is 0.735. The van der Waals surface area contributed by atoms with E-state index in [1.54, 1.807) is 0 Å². The summed E-state index contributed by atoms with van der Waals surface area (Å²) in [5, 5.41) is 0. The molecule has 0 spiro atoms. The molecule has 1 saturated carbocycles. The normalized spacial score (nSPS) is 41.2. The van der Waals surface area contributed by atoms with Crippen LogP contribution in [0.1, 0.15) is 40.5 Å². The molecule has 2 rings (SSSR count). The van der Waals surface area contributed by atoms with Gasteiger partial charge in [0.25, 0.3) is 0 Å². The molecule has 2 nitrogen and oxygen atoms in total. The Bertz CT molecular complexity index is 282. The van der Waals surface area contributed by atoms with E-state index in [1.165, 1.54) is 12.8 Å². The highest BCUT2D eigenvalue weighted by atomic mass is 32.1. The summed E-state index contributed by atoms with van der Waals surface area (Å²) in [6.45, 7) is 13.7. The summed E-state index contributed by atoms with van der Waals surface area (Å²) >= 11 is 4.76. The Morgan fingerprint density at radius 2 is 1.89 bits per heavy atom. The van der Waals surface area contributed by atoms with E-state index in [0.29, 0.717) is 16.9 Å². The van der Waals surface area contributed by atoms with Gasteiger partial charge in [0.05, 0.1) is 13.2 Å². The van der Waals surface area contributed by atoms with Crippen LogP contribution < -0.4 is 0 Å². The first-order valence-electron chi connectivity index (χ1n) is 7.42. The SMILES string of the molecule is CCC1(CS)C(N2CCOCC2)CC(C)C1(C)C. The molecular formula is C15H29NOS. The number of nitrogens with zero attached hydrogens (tertiary/aromatic N) is 1. The number of rotatable bonds is 3. The first kappa shape index (κ1) is 14.7. The summed E-state index contributed by atoms with van der Waals surface area (Å²) in [6.07, 6.45) is 2.55. The van der Waals surface area contributed by atoms with Crippen molar-refractivity contribution in [2.75, 3.05) is 32.1 Å². The van der Waals surface area contributed by atoms with Gasteiger partial charge in [-0.2, -0.15) is 12.6 Å². The highest BCUT2D eigenvalue weighted by Gasteiger charge is 2.58. The lowest BCUT2D eigenvalue weighted by Crippen LogP contribution is -2.53. The minimum absolute atomic E-state index is 0.354. The van der Waals surface area contributed by atoms with Crippen LogP contribution in [0.3, 0.4) is 0 Å². The molecule has 0 aromatic rings. The highest BCUT2D eigenvalue weighted by molar-refractivity contribution is 7.80. The Morgan fingerprint density at radius 3 is 2.39 bits per heavy atom. The van der Waals surface area contributed by atoms with Crippen molar-refractivity contribution in [1.29, 1.82) is 0 Å². The molecular weight excluding hydrogens is 242 g/mol. The van der Waals surface area contributed by atoms with Crippen molar-refractivity contribution in [2.24, 2.45) is 16.7 Å². The Labute approximate surface area is 118 Å². The van der Waals surface area contributed by atoms with Crippen LogP contribution in [0, 0.1) is 16.7 Å². The third-order valence-corrected chi connectivity index (χ3v) is 6.69. The van der Waals surface area contributed by atoms with E-state index in [1.807, 2.05) is 0 Å². The summed E-state index contributed by atoms with van der Waals surface area (Å²) in [4.78, 5) is 2.68. The third-order valence-electron chi connectivity index (χ3n) is 6.13. The van der Waals surface area contributed by atoms with Gasteiger partial charge in [0, 0.05) is 19.1 Å². The molecule has 0 aromatic heterocycles. The molecule has 1 aliphatic heterocycles. The summed E-state index contributed by atoms with van der Waals surface area (Å²) < 4.78 is 5.51. The highest BCUT2D eigenvalue weighted by Crippen LogP contribution is 2.59. The predicted molar refractivity (Wildman–Crippen MR) is 80.3 cm³/mol. The second-order valence-electron chi connectivity index (χ2n) is 6.69. The van der Waals surface area contributed by atoms with Gasteiger partial charge in [0.2, 0.25) is 0 Å². The van der Waals surface area contributed by atoms with Crippen molar-refractivity contribution >= 4 is 12.6 Å². The molecule has 1 heterocycles. The Morgan fingerprint density at radius 1 is 1.28 bits per heavy atom. The third kappa shape index (κ3) is 2.03. The van der Waals surface area contributed by atoms with E-state index in [2.05, 4.69) is 32.6 Å². The molecule has 106 valence electrons. The van der Waals surface area contributed by atoms with Crippen LogP contribution in [-0.2, 0) is 4.74 Å². The van der Waals surface area contributed by atoms with Gasteiger partial charge >= 0.3 is 0 Å². The van der Waals surface area contributed by atoms with Gasteiger partial charge in [0.1, 0.15) is 0 Å². The average molecular weight is 271 g/mol. The van der Waals surface area contributed by atoms with Crippen LogP contribution in [0.15, 0.2) is 0 Å². The van der Waals surface area contributed by atoms with E-state index in [4.69, 9.17) is 17.4 Å². The van der Waals surface area contributed by atoms with E-state index in [-0.39, 0.29) is 0 Å². The maximum atomic E-state index is 5.51. The first-order valence-corrected chi connectivity index (χ1v) is 8.05. The largest absolute Gasteiger partial charge is 0.379 e. The Hall–Kier alpha value is 0.270. The zero-order valence-corrected chi connectivity index (χ0v) is 13.3. The monoisotopic (exact) mass is 271 g/mol. The molecule has 3 heteroatoms. The van der Waals surface area contributed by atoms with Crippen LogP contribution in [0.2, 0.25) is 0 Å². The van der Waals surface area contributed by atoms with Crippen LogP contribution in [0.4, 0.5) is 0 Å². The Balaban J connectivity index is 2.28. The van der Waals surface area contributed by atoms with E-state index in [9.17, 15) is 0 Å². The molecule has 0 aromatic carbocycles. The van der Waals surface area contributed by atoms with Crippen molar-refractivity contribution < 1.29 is 4.74 Å². The first-order chi connectivity index (χ1) is 8.49. The van der Waals surface area contributed by atoms with Gasteiger partial charge in [-0.1, -0.05) is 27.7 Å². The minimum Gasteiger partial charge on any atom is -0.379 e. The van der Waals surface area contributed by atoms with Gasteiger partial charge in [-0.25, -0.2) is 0 Å². The van der Waals surface area contributed by atoms with Gasteiger partial charge in [-0.15, -0.1) is 0 Å². The zero-order valence-electron chi connectivity index (χ0n) is 12.4. The fraction of sp³-hybridized carbons (Fsp3) is 1.00. The standard InChI is InChI=1S/C15H29NOS/c1-5-15(11-18)13(10-12(2)14(15,3)4)16-6-8-17-9-7-16/h12-13,18H,5-11H2,1-4H3. The molecule has 1 saturated heterocycles. The minimum atomic E-state index is 0.354. The van der Waals surface area contributed by atoms with Crippen LogP contribution in [0.5, 0.6) is 0 Å². The van der Waals surface area contributed by atoms with E-state index < -0.39 is 0 Å². The van der Waals surface area contributed by atoms with Crippen molar-refractivity contribution in [2.45, 2.75) is 46.6 Å². The lowest BCUT2D eigenvalue weighted by molar-refractivity contribution is -0.0302. The second kappa shape index (κ2) is 5.34. The van der Waals surface area contributed by atoms with Crippen LogP contribution in [-0.4, -0.2) is 43.0 Å². The van der Waals surface area contributed by atoms with Gasteiger partial charge < -0.3 is 4.74 Å². The molecule has 0 amide bonds. The number of morpholine rings is 1. The number of hydrogen-bond acceptors (Lipinski definition) is 3. The van der Waals surface area contributed by atoms with E-state index >= 15 is 0 Å². The molecule has 18 heavy (non-hydrogen) atoms. The summed E-state index contributed by atoms with van der Waals surface area (Å²) in [6, 6.07) is 0.689. The number of hydrogen-bond donors (Lipinski definition) is 1. The van der Waals surface area contributed by atoms with Gasteiger partial charge in [0.15, 0.2) is 0 Å². The quantitative estimate of drug-likeness (QED) is 0.792. The summed E-state index contributed by atoms with van der Waals surface area (Å²) in [7, 11) is 0. The van der Waals surface area contributed by atoms with Crippen LogP contribution in [0.25, 0.3) is 0 Å². The molecule has 0 radical (unpaired) electrons. The number of thiol groups is 1. The van der Waals surface area contributed by atoms with E-state index in [0.717, 1.165) is 38.0 Å². The lowest BCUT2D eigenvalue weighted by atomic mass is 9.63. The second-order valence-corrected chi connectivity index (χ2v) is 7.01. The van der Waals surface area contributed by atoms with Crippen molar-refractivity contribution in [3.05, 3.63) is 0 Å². The van der Waals surface area contributed by atoms with Crippen molar-refractivity contribution in [3.63, 3.8) is 0 Å². The molecule has 3 atom stereocenters. The average Bonchev–Trinajstić information content (AvgIpc) is 2.59. The van der Waals surface area contributed by atoms with Gasteiger partial charge in [-0.3, -0.25) is 4.90 Å². The zero-order chi connectivity index (χ0) is 13.4. The van der Waals surface area contributed by atoms with Crippen molar-refractivity contribution in [1.82, 2.24) is 4.90 Å². The lowest BCUT2D eigenvalue weighted by Gasteiger charge is -2.49. The smallest absolute Gasteiger partial charge is 0.0594 e. The van der Waals surface area contributed by atoms with Crippen LogP contribution >= 0.6 is 12.6 Å². The fourth-order valence-electron chi connectivity index (χ4n) is 4.28. The van der Waals surface area contributed by atoms with Crippen molar-refractivity contribution in [3.8, 4) is 0 Å². The topological polar surface area (TPSA) is 12.5 Å². The summed E-state index contributed by atoms with van der Waals surface area (Å²) in [5.74, 6) is 1.78.